The molecule has 1 aromatic rings. The molecule has 1 unspecified atom stereocenters. The molecule has 1 atom stereocenters. The zero-order valence-electron chi connectivity index (χ0n) is 9.49. The first kappa shape index (κ1) is 14.8. The minimum atomic E-state index is -4.73. The highest BCUT2D eigenvalue weighted by atomic mass is 32.2. The Morgan fingerprint density at radius 1 is 1.44 bits per heavy atom. The summed E-state index contributed by atoms with van der Waals surface area (Å²) in [4.78, 5) is 12.3. The second kappa shape index (κ2) is 6.10. The van der Waals surface area contributed by atoms with E-state index in [9.17, 15) is 18.0 Å². The molecule has 2 N–H and O–H groups in total. The SMILES string of the molecule is CSc1ccccc1C(=O)NCC(O)C(F)(F)F. The number of hydrogen-bond donors (Lipinski definition) is 2. The Morgan fingerprint density at radius 2 is 2.06 bits per heavy atom. The quantitative estimate of drug-likeness (QED) is 0.829. The highest BCUT2D eigenvalue weighted by molar-refractivity contribution is 7.98. The maximum Gasteiger partial charge on any atom is 0.416 e. The zero-order chi connectivity index (χ0) is 13.8. The van der Waals surface area contributed by atoms with Crippen LogP contribution >= 0.6 is 11.8 Å². The monoisotopic (exact) mass is 279 g/mol. The fourth-order valence-electron chi connectivity index (χ4n) is 1.23. The molecule has 1 amide bonds. The van der Waals surface area contributed by atoms with E-state index in [1.165, 1.54) is 17.8 Å². The number of rotatable bonds is 4. The molecule has 0 fully saturated rings. The summed E-state index contributed by atoms with van der Waals surface area (Å²) in [5.74, 6) is -0.636. The predicted molar refractivity (Wildman–Crippen MR) is 62.6 cm³/mol. The van der Waals surface area contributed by atoms with Crippen molar-refractivity contribution in [3.63, 3.8) is 0 Å². The van der Waals surface area contributed by atoms with E-state index in [0.29, 0.717) is 10.5 Å². The summed E-state index contributed by atoms with van der Waals surface area (Å²) in [5.41, 5.74) is 0.291. The van der Waals surface area contributed by atoms with Crippen molar-refractivity contribution in [2.24, 2.45) is 0 Å². The molecule has 0 aliphatic carbocycles. The third-order valence-electron chi connectivity index (χ3n) is 2.19. The van der Waals surface area contributed by atoms with E-state index in [4.69, 9.17) is 5.11 Å². The van der Waals surface area contributed by atoms with Crippen LogP contribution in [0, 0.1) is 0 Å². The first-order chi connectivity index (χ1) is 8.36. The number of hydrogen-bond acceptors (Lipinski definition) is 3. The van der Waals surface area contributed by atoms with Crippen molar-refractivity contribution in [1.82, 2.24) is 5.32 Å². The Bertz CT molecular complexity index is 423. The van der Waals surface area contributed by atoms with Crippen LogP contribution < -0.4 is 5.32 Å². The van der Waals surface area contributed by atoms with Gasteiger partial charge >= 0.3 is 6.18 Å². The van der Waals surface area contributed by atoms with E-state index in [1.54, 1.807) is 24.5 Å². The van der Waals surface area contributed by atoms with Crippen LogP contribution in [0.2, 0.25) is 0 Å². The molecule has 18 heavy (non-hydrogen) atoms. The smallest absolute Gasteiger partial charge is 0.382 e. The summed E-state index contributed by atoms with van der Waals surface area (Å²) < 4.78 is 36.1. The van der Waals surface area contributed by atoms with Gasteiger partial charge in [0, 0.05) is 4.90 Å². The number of benzene rings is 1. The number of carbonyl (C=O) groups is 1. The summed E-state index contributed by atoms with van der Waals surface area (Å²) >= 11 is 1.32. The minimum absolute atomic E-state index is 0.291. The Kier molecular flexibility index (Phi) is 5.03. The second-order valence-electron chi connectivity index (χ2n) is 3.47. The van der Waals surface area contributed by atoms with E-state index >= 15 is 0 Å². The molecule has 0 spiro atoms. The Labute approximate surface area is 106 Å². The molecule has 0 saturated carbocycles. The summed E-state index contributed by atoms with van der Waals surface area (Å²) in [6, 6.07) is 6.56. The number of aliphatic hydroxyl groups is 1. The molecule has 0 bridgehead atoms. The molecular formula is C11H12F3NO2S. The topological polar surface area (TPSA) is 49.3 Å². The molecule has 1 rings (SSSR count). The van der Waals surface area contributed by atoms with Gasteiger partial charge in [-0.15, -0.1) is 11.8 Å². The minimum Gasteiger partial charge on any atom is -0.382 e. The van der Waals surface area contributed by atoms with Crippen LogP contribution in [0.3, 0.4) is 0 Å². The molecule has 0 aromatic heterocycles. The molecule has 0 heterocycles. The van der Waals surface area contributed by atoms with E-state index in [2.05, 4.69) is 5.32 Å². The van der Waals surface area contributed by atoms with Crippen molar-refractivity contribution in [1.29, 1.82) is 0 Å². The van der Waals surface area contributed by atoms with E-state index < -0.39 is 24.7 Å². The van der Waals surface area contributed by atoms with Crippen molar-refractivity contribution in [2.75, 3.05) is 12.8 Å². The number of alkyl halides is 3. The highest BCUT2D eigenvalue weighted by Crippen LogP contribution is 2.21. The average molecular weight is 279 g/mol. The fourth-order valence-corrected chi connectivity index (χ4v) is 1.83. The van der Waals surface area contributed by atoms with Crippen molar-refractivity contribution in [3.05, 3.63) is 29.8 Å². The van der Waals surface area contributed by atoms with Crippen LogP contribution in [0.15, 0.2) is 29.2 Å². The molecule has 7 heteroatoms. The average Bonchev–Trinajstić information content (AvgIpc) is 2.34. The van der Waals surface area contributed by atoms with Crippen molar-refractivity contribution in [3.8, 4) is 0 Å². The zero-order valence-corrected chi connectivity index (χ0v) is 10.3. The standard InChI is InChI=1S/C11H12F3NO2S/c1-18-8-5-3-2-4-7(8)10(17)15-6-9(16)11(12,13)14/h2-5,9,16H,6H2,1H3,(H,15,17). The van der Waals surface area contributed by atoms with Gasteiger partial charge < -0.3 is 10.4 Å². The van der Waals surface area contributed by atoms with Gasteiger partial charge in [0.25, 0.3) is 5.91 Å². The Morgan fingerprint density at radius 3 is 2.61 bits per heavy atom. The van der Waals surface area contributed by atoms with Crippen LogP contribution in [-0.4, -0.2) is 36.1 Å². The molecule has 3 nitrogen and oxygen atoms in total. The van der Waals surface area contributed by atoms with Crippen molar-refractivity contribution < 1.29 is 23.1 Å². The van der Waals surface area contributed by atoms with Gasteiger partial charge in [-0.2, -0.15) is 13.2 Å². The molecule has 0 aliphatic heterocycles. The van der Waals surface area contributed by atoms with E-state index in [0.717, 1.165) is 0 Å². The van der Waals surface area contributed by atoms with Gasteiger partial charge in [0.05, 0.1) is 12.1 Å². The number of halogens is 3. The van der Waals surface area contributed by atoms with Crippen LogP contribution in [0.1, 0.15) is 10.4 Å². The second-order valence-corrected chi connectivity index (χ2v) is 4.32. The number of nitrogens with one attached hydrogen (secondary N) is 1. The number of aliphatic hydroxyl groups excluding tert-OH is 1. The highest BCUT2D eigenvalue weighted by Gasteiger charge is 2.38. The third kappa shape index (κ3) is 3.92. The van der Waals surface area contributed by atoms with Gasteiger partial charge in [0.1, 0.15) is 0 Å². The first-order valence-electron chi connectivity index (χ1n) is 5.02. The predicted octanol–water partition coefficient (Wildman–Crippen LogP) is 2.06. The molecule has 0 radical (unpaired) electrons. The summed E-state index contributed by atoms with van der Waals surface area (Å²) in [6.07, 6.45) is -5.52. The summed E-state index contributed by atoms with van der Waals surface area (Å²) in [6.45, 7) is -0.856. The fraction of sp³-hybridized carbons (Fsp3) is 0.364. The maximum absolute atomic E-state index is 12.0. The van der Waals surface area contributed by atoms with Gasteiger partial charge in [-0.25, -0.2) is 0 Å². The van der Waals surface area contributed by atoms with Gasteiger partial charge in [-0.05, 0) is 18.4 Å². The first-order valence-corrected chi connectivity index (χ1v) is 6.24. The maximum atomic E-state index is 12.0. The number of carbonyl (C=O) groups excluding carboxylic acids is 1. The molecule has 100 valence electrons. The van der Waals surface area contributed by atoms with Gasteiger partial charge in [0.2, 0.25) is 0 Å². The number of amides is 1. The van der Waals surface area contributed by atoms with Crippen LogP contribution in [0.25, 0.3) is 0 Å². The lowest BCUT2D eigenvalue weighted by atomic mass is 10.2. The Hall–Kier alpha value is -1.21. The van der Waals surface area contributed by atoms with Crippen molar-refractivity contribution >= 4 is 17.7 Å². The summed E-state index contributed by atoms with van der Waals surface area (Å²) in [7, 11) is 0. The lowest BCUT2D eigenvalue weighted by Gasteiger charge is -2.15. The molecular weight excluding hydrogens is 267 g/mol. The molecule has 1 aromatic carbocycles. The molecule has 0 saturated heterocycles. The van der Waals surface area contributed by atoms with Crippen LogP contribution in [0.5, 0.6) is 0 Å². The number of thioether (sulfide) groups is 1. The largest absolute Gasteiger partial charge is 0.416 e. The van der Waals surface area contributed by atoms with E-state index in [1.807, 2.05) is 0 Å². The summed E-state index contributed by atoms with van der Waals surface area (Å²) in [5, 5.41) is 10.8. The van der Waals surface area contributed by atoms with Crippen LogP contribution in [0.4, 0.5) is 13.2 Å². The van der Waals surface area contributed by atoms with Gasteiger partial charge in [-0.1, -0.05) is 12.1 Å². The molecule has 0 aliphatic rings. The third-order valence-corrected chi connectivity index (χ3v) is 2.98. The lowest BCUT2D eigenvalue weighted by molar-refractivity contribution is -0.201. The lowest BCUT2D eigenvalue weighted by Crippen LogP contribution is -2.40. The van der Waals surface area contributed by atoms with Crippen molar-refractivity contribution in [2.45, 2.75) is 17.2 Å². The normalized spacial score (nSPS) is 13.2. The van der Waals surface area contributed by atoms with Gasteiger partial charge in [0.15, 0.2) is 6.10 Å². The van der Waals surface area contributed by atoms with Gasteiger partial charge in [-0.3, -0.25) is 4.79 Å². The van der Waals surface area contributed by atoms with Crippen LogP contribution in [-0.2, 0) is 0 Å². The Balaban J connectivity index is 2.66. The van der Waals surface area contributed by atoms with E-state index in [-0.39, 0.29) is 0 Å².